The zero-order chi connectivity index (χ0) is 33.9. The molecule has 0 aliphatic heterocycles. The molecule has 0 aliphatic carbocycles. The Morgan fingerprint density at radius 2 is 1.13 bits per heavy atom. The average Bonchev–Trinajstić information content (AvgIpc) is 3.10. The second-order valence-corrected chi connectivity index (χ2v) is 11.3. The van der Waals surface area contributed by atoms with Gasteiger partial charge >= 0.3 is 11.9 Å². The first kappa shape index (κ1) is 37.1. The summed E-state index contributed by atoms with van der Waals surface area (Å²) in [6.45, 7) is 8.84. The Morgan fingerprint density at radius 3 is 1.68 bits per heavy atom. The second kappa shape index (κ2) is 20.7. The standard InChI is InChI=1S/C39H48O8/c1-4-5-6-7-8-9-34-26-32(11-10-31-12-17-35(18-13-31)44-22-24-46-38(42)29(2)27-40)14-21-37(34)33-15-19-36(20-16-33)45-23-25-47-39(43)30(3)28-41/h12-21,26,40-41H,2-11,22-25,27-28H2,1H3. The molecular weight excluding hydrogens is 596 g/mol. The summed E-state index contributed by atoms with van der Waals surface area (Å²) in [5, 5.41) is 17.9. The highest BCUT2D eigenvalue weighted by atomic mass is 16.6. The van der Waals surface area contributed by atoms with Crippen LogP contribution in [0.2, 0.25) is 0 Å². The first-order valence-electron chi connectivity index (χ1n) is 16.3. The van der Waals surface area contributed by atoms with Gasteiger partial charge in [-0.3, -0.25) is 0 Å². The van der Waals surface area contributed by atoms with E-state index < -0.39 is 25.2 Å². The molecule has 0 heterocycles. The van der Waals surface area contributed by atoms with Gasteiger partial charge in [0.15, 0.2) is 0 Å². The van der Waals surface area contributed by atoms with Gasteiger partial charge in [0.1, 0.15) is 37.9 Å². The summed E-state index contributed by atoms with van der Waals surface area (Å²) >= 11 is 0. The number of carbonyl (C=O) groups excluding carboxylic acids is 2. The van der Waals surface area contributed by atoms with Gasteiger partial charge in [0.25, 0.3) is 0 Å². The zero-order valence-electron chi connectivity index (χ0n) is 27.5. The van der Waals surface area contributed by atoms with Crippen molar-refractivity contribution in [1.29, 1.82) is 0 Å². The molecular formula is C39H48O8. The van der Waals surface area contributed by atoms with Gasteiger partial charge in [-0.2, -0.15) is 0 Å². The van der Waals surface area contributed by atoms with Crippen LogP contribution < -0.4 is 9.47 Å². The molecule has 0 saturated carbocycles. The van der Waals surface area contributed by atoms with Gasteiger partial charge < -0.3 is 29.2 Å². The van der Waals surface area contributed by atoms with Crippen LogP contribution in [0.4, 0.5) is 0 Å². The third kappa shape index (κ3) is 13.1. The molecule has 0 aliphatic rings. The van der Waals surface area contributed by atoms with Crippen molar-refractivity contribution in [3.8, 4) is 22.6 Å². The van der Waals surface area contributed by atoms with Crippen molar-refractivity contribution in [2.45, 2.75) is 58.3 Å². The number of ether oxygens (including phenoxy) is 4. The van der Waals surface area contributed by atoms with E-state index in [0.29, 0.717) is 11.5 Å². The zero-order valence-corrected chi connectivity index (χ0v) is 27.5. The average molecular weight is 645 g/mol. The van der Waals surface area contributed by atoms with Gasteiger partial charge in [-0.25, -0.2) is 9.59 Å². The van der Waals surface area contributed by atoms with Crippen LogP contribution >= 0.6 is 0 Å². The summed E-state index contributed by atoms with van der Waals surface area (Å²) in [7, 11) is 0. The SMILES string of the molecule is C=C(CO)C(=O)OCCOc1ccc(CCc2ccc(-c3ccc(OCCOC(=O)C(=C)CO)cc3)c(CCCCCCC)c2)cc1. The number of unbranched alkanes of at least 4 members (excludes halogenated alkanes) is 4. The number of hydrogen-bond donors (Lipinski definition) is 2. The molecule has 252 valence electrons. The number of carbonyl (C=O) groups is 2. The van der Waals surface area contributed by atoms with Crippen molar-refractivity contribution in [2.24, 2.45) is 0 Å². The molecule has 8 nitrogen and oxygen atoms in total. The highest BCUT2D eigenvalue weighted by molar-refractivity contribution is 5.88. The summed E-state index contributed by atoms with van der Waals surface area (Å²) in [5.74, 6) is 0.141. The maximum absolute atomic E-state index is 11.6. The van der Waals surface area contributed by atoms with E-state index in [2.05, 4.69) is 62.5 Å². The van der Waals surface area contributed by atoms with Gasteiger partial charge in [0.2, 0.25) is 0 Å². The molecule has 0 aromatic heterocycles. The van der Waals surface area contributed by atoms with Crippen molar-refractivity contribution < 1.29 is 38.7 Å². The van der Waals surface area contributed by atoms with E-state index in [0.717, 1.165) is 31.2 Å². The fourth-order valence-electron chi connectivity index (χ4n) is 4.90. The fraction of sp³-hybridized carbons (Fsp3) is 0.385. The van der Waals surface area contributed by atoms with Gasteiger partial charge in [-0.1, -0.05) is 88.2 Å². The van der Waals surface area contributed by atoms with Crippen LogP contribution in [0, 0.1) is 0 Å². The van der Waals surface area contributed by atoms with Gasteiger partial charge in [0.05, 0.1) is 24.4 Å². The smallest absolute Gasteiger partial charge is 0.335 e. The molecule has 0 bridgehead atoms. The minimum atomic E-state index is -0.624. The van der Waals surface area contributed by atoms with Crippen LogP contribution in [-0.2, 0) is 38.3 Å². The molecule has 0 fully saturated rings. The molecule has 3 aromatic carbocycles. The Bertz CT molecular complexity index is 1430. The van der Waals surface area contributed by atoms with Crippen LogP contribution in [0.15, 0.2) is 91.0 Å². The van der Waals surface area contributed by atoms with Crippen LogP contribution in [0.1, 0.15) is 55.7 Å². The van der Waals surface area contributed by atoms with E-state index in [1.165, 1.54) is 47.9 Å². The lowest BCUT2D eigenvalue weighted by molar-refractivity contribution is -0.141. The third-order valence-corrected chi connectivity index (χ3v) is 7.64. The van der Waals surface area contributed by atoms with Gasteiger partial charge in [0, 0.05) is 0 Å². The minimum absolute atomic E-state index is 0.0177. The molecule has 2 N–H and O–H groups in total. The molecule has 0 saturated heterocycles. The maximum atomic E-state index is 11.6. The normalized spacial score (nSPS) is 10.7. The minimum Gasteiger partial charge on any atom is -0.490 e. The first-order valence-corrected chi connectivity index (χ1v) is 16.3. The van der Waals surface area contributed by atoms with E-state index >= 15 is 0 Å². The van der Waals surface area contributed by atoms with E-state index in [9.17, 15) is 9.59 Å². The monoisotopic (exact) mass is 644 g/mol. The predicted molar refractivity (Wildman–Crippen MR) is 184 cm³/mol. The summed E-state index contributed by atoms with van der Waals surface area (Å²) in [4.78, 5) is 23.2. The van der Waals surface area contributed by atoms with Gasteiger partial charge in [-0.05, 0) is 77.8 Å². The second-order valence-electron chi connectivity index (χ2n) is 11.3. The van der Waals surface area contributed by atoms with Crippen molar-refractivity contribution in [3.05, 3.63) is 108 Å². The molecule has 0 radical (unpaired) electrons. The molecule has 8 heteroatoms. The van der Waals surface area contributed by atoms with E-state index in [1.807, 2.05) is 24.3 Å². The Kier molecular flexibility index (Phi) is 16.3. The van der Waals surface area contributed by atoms with E-state index in [1.54, 1.807) is 0 Å². The van der Waals surface area contributed by atoms with Crippen molar-refractivity contribution in [1.82, 2.24) is 0 Å². The molecule has 3 rings (SSSR count). The molecule has 0 atom stereocenters. The summed E-state index contributed by atoms with van der Waals surface area (Å²) in [6, 6.07) is 22.7. The number of hydrogen-bond acceptors (Lipinski definition) is 8. The first-order chi connectivity index (χ1) is 22.8. The third-order valence-electron chi connectivity index (χ3n) is 7.64. The lowest BCUT2D eigenvalue weighted by Crippen LogP contribution is -2.15. The highest BCUT2D eigenvalue weighted by Crippen LogP contribution is 2.29. The molecule has 47 heavy (non-hydrogen) atoms. The Hall–Kier alpha value is -4.40. The van der Waals surface area contributed by atoms with Crippen LogP contribution in [0.3, 0.4) is 0 Å². The van der Waals surface area contributed by atoms with E-state index in [-0.39, 0.29) is 37.6 Å². The maximum Gasteiger partial charge on any atom is 0.335 e. The number of rotatable bonds is 22. The molecule has 0 unspecified atom stereocenters. The molecule has 0 amide bonds. The molecule has 3 aromatic rings. The van der Waals surface area contributed by atoms with Gasteiger partial charge in [-0.15, -0.1) is 0 Å². The summed E-state index contributed by atoms with van der Waals surface area (Å²) in [5.41, 5.74) is 6.23. The topological polar surface area (TPSA) is 112 Å². The quantitative estimate of drug-likeness (QED) is 0.0716. The van der Waals surface area contributed by atoms with Crippen LogP contribution in [0.25, 0.3) is 11.1 Å². The van der Waals surface area contributed by atoms with Crippen LogP contribution in [0.5, 0.6) is 11.5 Å². The predicted octanol–water partition coefficient (Wildman–Crippen LogP) is 6.59. The Morgan fingerprint density at radius 1 is 0.617 bits per heavy atom. The lowest BCUT2D eigenvalue weighted by atomic mass is 9.92. The number of aliphatic hydroxyl groups is 2. The number of esters is 2. The van der Waals surface area contributed by atoms with E-state index in [4.69, 9.17) is 29.2 Å². The number of aliphatic hydroxyl groups excluding tert-OH is 2. The summed E-state index contributed by atoms with van der Waals surface area (Å²) < 4.78 is 21.4. The fourth-order valence-corrected chi connectivity index (χ4v) is 4.90. The largest absolute Gasteiger partial charge is 0.490 e. The van der Waals surface area contributed by atoms with Crippen molar-refractivity contribution >= 4 is 11.9 Å². The highest BCUT2D eigenvalue weighted by Gasteiger charge is 2.10. The number of aryl methyl sites for hydroxylation is 3. The molecule has 0 spiro atoms. The summed E-state index contributed by atoms with van der Waals surface area (Å²) in [6.07, 6.45) is 8.94. The van der Waals surface area contributed by atoms with Crippen LogP contribution in [-0.4, -0.2) is 61.8 Å². The Balaban J connectivity index is 1.57. The lowest BCUT2D eigenvalue weighted by Gasteiger charge is -2.14. The van der Waals surface area contributed by atoms with Crippen molar-refractivity contribution in [2.75, 3.05) is 39.6 Å². The van der Waals surface area contributed by atoms with Crippen molar-refractivity contribution in [3.63, 3.8) is 0 Å². The number of benzene rings is 3. The Labute approximate surface area is 278 Å².